The molecule has 0 radical (unpaired) electrons. The van der Waals surface area contributed by atoms with Gasteiger partial charge >= 0.3 is 39.5 Å². The first kappa shape index (κ1) is 89.1. The summed E-state index contributed by atoms with van der Waals surface area (Å²) in [6.45, 7) is 11.8. The van der Waals surface area contributed by atoms with E-state index in [2.05, 4.69) is 48.5 Å². The van der Waals surface area contributed by atoms with Gasteiger partial charge < -0.3 is 33.8 Å². The molecule has 3 unspecified atom stereocenters. The van der Waals surface area contributed by atoms with Crippen LogP contribution in [0.5, 0.6) is 0 Å². The maximum absolute atomic E-state index is 13.0. The number of ether oxygens (including phenoxy) is 4. The Hall–Kier alpha value is -1.94. The van der Waals surface area contributed by atoms with Crippen LogP contribution in [0.4, 0.5) is 0 Å². The Kier molecular flexibility index (Phi) is 61.5. The lowest BCUT2D eigenvalue weighted by molar-refractivity contribution is -0.161. The number of hydrogen-bond donors (Lipinski definition) is 3. The van der Waals surface area contributed by atoms with E-state index >= 15 is 0 Å². The van der Waals surface area contributed by atoms with Crippen LogP contribution in [0.25, 0.3) is 0 Å². The Morgan fingerprint density at radius 2 is 0.560 bits per heavy atom. The minimum absolute atomic E-state index is 0.103. The topological polar surface area (TPSA) is 237 Å². The second-order valence-corrected chi connectivity index (χ2v) is 30.1. The predicted molar refractivity (Wildman–Crippen MR) is 368 cm³/mol. The summed E-state index contributed by atoms with van der Waals surface area (Å²) >= 11 is 0. The Morgan fingerprint density at radius 3 is 0.835 bits per heavy atom. The van der Waals surface area contributed by atoms with Crippen LogP contribution in [0.15, 0.2) is 0 Å². The molecule has 0 aliphatic heterocycles. The Labute approximate surface area is 556 Å². The minimum atomic E-state index is -4.95. The number of aliphatic hydroxyl groups excluding tert-OH is 1. The molecule has 0 bridgehead atoms. The highest BCUT2D eigenvalue weighted by molar-refractivity contribution is 7.47. The molecule has 0 aromatic rings. The standard InChI is InChI=1S/C72H140O17P2/c1-8-10-11-36-46-53-69(74)82-59-67(88-72(77)56-49-42-35-29-28-31-38-44-51-64(5)6)61-86-90(78,79)84-57-66(73)58-85-91(80,81)87-62-68(60-83-70(75)54-47-40-33-26-23-22-25-32-39-45-52-65(7)9-2)89-71(76)55-48-41-34-27-21-19-17-15-13-12-14-16-18-20-24-30-37-43-50-63(3)4/h63-68,73H,8-62H2,1-7H3,(H,78,79)(H,80,81)/t65?,66-,67+,68+/m0/s1. The van der Waals surface area contributed by atoms with E-state index in [-0.39, 0.29) is 25.7 Å². The summed E-state index contributed by atoms with van der Waals surface area (Å²) in [7, 11) is -9.89. The van der Waals surface area contributed by atoms with Crippen molar-refractivity contribution in [3.63, 3.8) is 0 Å². The Bertz CT molecular complexity index is 1790. The molecule has 0 heterocycles. The zero-order valence-corrected chi connectivity index (χ0v) is 61.1. The molecule has 0 spiro atoms. The van der Waals surface area contributed by atoms with Crippen molar-refractivity contribution in [2.75, 3.05) is 39.6 Å². The van der Waals surface area contributed by atoms with Gasteiger partial charge in [-0.1, -0.05) is 312 Å². The number of carbonyl (C=O) groups excluding carboxylic acids is 4. The molecule has 91 heavy (non-hydrogen) atoms. The van der Waals surface area contributed by atoms with E-state index < -0.39 is 97.5 Å². The van der Waals surface area contributed by atoms with Crippen molar-refractivity contribution in [2.45, 2.75) is 381 Å². The van der Waals surface area contributed by atoms with Crippen LogP contribution in [0.3, 0.4) is 0 Å². The van der Waals surface area contributed by atoms with Gasteiger partial charge in [-0.25, -0.2) is 9.13 Å². The summed E-state index contributed by atoms with van der Waals surface area (Å²) < 4.78 is 68.1. The van der Waals surface area contributed by atoms with E-state index in [1.165, 1.54) is 167 Å². The van der Waals surface area contributed by atoms with Crippen molar-refractivity contribution in [1.29, 1.82) is 0 Å². The van der Waals surface area contributed by atoms with Crippen LogP contribution in [0.2, 0.25) is 0 Å². The Morgan fingerprint density at radius 1 is 0.319 bits per heavy atom. The van der Waals surface area contributed by atoms with E-state index in [0.717, 1.165) is 114 Å². The van der Waals surface area contributed by atoms with Crippen LogP contribution >= 0.6 is 15.6 Å². The highest BCUT2D eigenvalue weighted by Crippen LogP contribution is 2.45. The largest absolute Gasteiger partial charge is 0.472 e. The molecule has 0 aliphatic carbocycles. The lowest BCUT2D eigenvalue weighted by Gasteiger charge is -2.21. The third kappa shape index (κ3) is 65.1. The van der Waals surface area contributed by atoms with E-state index in [1.54, 1.807) is 0 Å². The molecule has 6 atom stereocenters. The lowest BCUT2D eigenvalue weighted by Crippen LogP contribution is -2.30. The number of carbonyl (C=O) groups is 4. The second kappa shape index (κ2) is 62.8. The van der Waals surface area contributed by atoms with Gasteiger partial charge in [0.15, 0.2) is 12.2 Å². The zero-order valence-electron chi connectivity index (χ0n) is 59.3. The highest BCUT2D eigenvalue weighted by Gasteiger charge is 2.30. The average molecular weight is 1340 g/mol. The van der Waals surface area contributed by atoms with Crippen LogP contribution in [0, 0.1) is 17.8 Å². The van der Waals surface area contributed by atoms with Gasteiger partial charge in [0.1, 0.15) is 19.3 Å². The number of esters is 4. The fraction of sp³-hybridized carbons (Fsp3) is 0.944. The summed E-state index contributed by atoms with van der Waals surface area (Å²) in [5, 5.41) is 10.6. The maximum Gasteiger partial charge on any atom is 0.472 e. The molecule has 0 saturated heterocycles. The summed E-state index contributed by atoms with van der Waals surface area (Å²) in [6.07, 6.45) is 47.7. The molecule has 0 saturated carbocycles. The summed E-state index contributed by atoms with van der Waals surface area (Å²) in [5.41, 5.74) is 0. The van der Waals surface area contributed by atoms with Crippen molar-refractivity contribution in [3.8, 4) is 0 Å². The number of phosphoric ester groups is 2. The first-order chi connectivity index (χ1) is 43.8. The van der Waals surface area contributed by atoms with Crippen LogP contribution in [-0.4, -0.2) is 96.7 Å². The van der Waals surface area contributed by atoms with Gasteiger partial charge in [-0.15, -0.1) is 0 Å². The van der Waals surface area contributed by atoms with Crippen molar-refractivity contribution in [2.24, 2.45) is 17.8 Å². The minimum Gasteiger partial charge on any atom is -0.462 e. The number of phosphoric acid groups is 2. The summed E-state index contributed by atoms with van der Waals surface area (Å²) in [4.78, 5) is 72.3. The van der Waals surface area contributed by atoms with Crippen molar-refractivity contribution in [1.82, 2.24) is 0 Å². The molecule has 19 heteroatoms. The number of rotatable bonds is 70. The molecule has 0 aliphatic rings. The first-order valence-corrected chi connectivity index (χ1v) is 40.4. The van der Waals surface area contributed by atoms with Gasteiger partial charge in [0.2, 0.25) is 0 Å². The summed E-state index contributed by atoms with van der Waals surface area (Å²) in [6, 6.07) is 0. The van der Waals surface area contributed by atoms with Crippen molar-refractivity contribution >= 4 is 39.5 Å². The fourth-order valence-corrected chi connectivity index (χ4v) is 12.4. The van der Waals surface area contributed by atoms with E-state index in [0.29, 0.717) is 25.7 Å². The van der Waals surface area contributed by atoms with Crippen molar-refractivity contribution in [3.05, 3.63) is 0 Å². The third-order valence-electron chi connectivity index (χ3n) is 17.0. The molecular weight excluding hydrogens is 1200 g/mol. The van der Waals surface area contributed by atoms with Gasteiger partial charge in [-0.2, -0.15) is 0 Å². The number of aliphatic hydroxyl groups is 1. The molecule has 0 amide bonds. The quantitative estimate of drug-likeness (QED) is 0.0222. The highest BCUT2D eigenvalue weighted by atomic mass is 31.2. The summed E-state index contributed by atoms with van der Waals surface area (Å²) in [5.74, 6) is 0.212. The van der Waals surface area contributed by atoms with E-state index in [9.17, 15) is 43.2 Å². The number of hydrogen-bond acceptors (Lipinski definition) is 15. The van der Waals surface area contributed by atoms with E-state index in [1.807, 2.05) is 0 Å². The van der Waals surface area contributed by atoms with Crippen LogP contribution < -0.4 is 0 Å². The molecular formula is C72H140O17P2. The van der Waals surface area contributed by atoms with Crippen LogP contribution in [0.1, 0.15) is 363 Å². The Balaban J connectivity index is 5.13. The molecule has 0 rings (SSSR count). The zero-order chi connectivity index (χ0) is 67.3. The normalized spacial score (nSPS) is 14.5. The van der Waals surface area contributed by atoms with Gasteiger partial charge in [0, 0.05) is 25.7 Å². The molecule has 0 aromatic carbocycles. The van der Waals surface area contributed by atoms with E-state index in [4.69, 9.17) is 37.0 Å². The second-order valence-electron chi connectivity index (χ2n) is 27.2. The van der Waals surface area contributed by atoms with Gasteiger partial charge in [0.25, 0.3) is 0 Å². The van der Waals surface area contributed by atoms with Gasteiger partial charge in [-0.3, -0.25) is 37.3 Å². The molecule has 3 N–H and O–H groups in total. The third-order valence-corrected chi connectivity index (χ3v) is 18.9. The molecule has 0 aromatic heterocycles. The van der Waals surface area contributed by atoms with Gasteiger partial charge in [-0.05, 0) is 43.4 Å². The van der Waals surface area contributed by atoms with Crippen molar-refractivity contribution < 1.29 is 80.2 Å². The average Bonchev–Trinajstić information content (AvgIpc) is 3.45. The monoisotopic (exact) mass is 1340 g/mol. The maximum atomic E-state index is 13.0. The predicted octanol–water partition coefficient (Wildman–Crippen LogP) is 20.6. The first-order valence-electron chi connectivity index (χ1n) is 37.4. The van der Waals surface area contributed by atoms with Crippen LogP contribution in [-0.2, 0) is 65.4 Å². The lowest BCUT2D eigenvalue weighted by atomic mass is 9.99. The molecule has 540 valence electrons. The fourth-order valence-electron chi connectivity index (χ4n) is 10.9. The molecule has 17 nitrogen and oxygen atoms in total. The SMILES string of the molecule is CCCCCCCC(=O)OC[C@H](COP(=O)(O)OC[C@H](O)COP(=O)(O)OC[C@@H](COC(=O)CCCCCCCCCCCCC(C)CC)OC(=O)CCCCCCCCCCCCCCCCCCCCC(C)C)OC(=O)CCCCCCCCCCC(C)C. The van der Waals surface area contributed by atoms with Gasteiger partial charge in [0.05, 0.1) is 26.4 Å². The molecule has 0 fully saturated rings. The smallest absolute Gasteiger partial charge is 0.462 e. The number of unbranched alkanes of at least 4 members (excludes halogenated alkanes) is 37.